The largest absolute Gasteiger partial charge is 0.481 e. The highest BCUT2D eigenvalue weighted by Gasteiger charge is 2.44. The van der Waals surface area contributed by atoms with E-state index in [9.17, 15) is 28.7 Å². The van der Waals surface area contributed by atoms with Gasteiger partial charge in [0.1, 0.15) is 12.2 Å². The Labute approximate surface area is 308 Å². The van der Waals surface area contributed by atoms with Gasteiger partial charge >= 0.3 is 15.6 Å². The van der Waals surface area contributed by atoms with E-state index in [0.717, 1.165) is 27.9 Å². The Morgan fingerprint density at radius 1 is 0.654 bits per heavy atom. The molecule has 12 heteroatoms. The first kappa shape index (κ1) is 44.9. The van der Waals surface area contributed by atoms with Crippen LogP contribution in [0.25, 0.3) is 0 Å². The van der Waals surface area contributed by atoms with E-state index in [-0.39, 0.29) is 17.6 Å². The minimum atomic E-state index is -5.31. The summed E-state index contributed by atoms with van der Waals surface area (Å²) in [4.78, 5) is 52.6. The predicted octanol–water partition coefficient (Wildman–Crippen LogP) is 9.14. The summed E-state index contributed by atoms with van der Waals surface area (Å²) >= 11 is 0. The number of hydrogen-bond acceptors (Lipinski definition) is 7. The maximum atomic E-state index is 12.9. The molecular formula is C40H54O10P2. The summed E-state index contributed by atoms with van der Waals surface area (Å²) in [5, 5.41) is 10.0. The molecule has 0 saturated carbocycles. The summed E-state index contributed by atoms with van der Waals surface area (Å²) in [5.74, 6) is -0.764. The number of phosphoric ester groups is 1. The van der Waals surface area contributed by atoms with Crippen LogP contribution in [0.2, 0.25) is 0 Å². The second-order valence-electron chi connectivity index (χ2n) is 14.5. The summed E-state index contributed by atoms with van der Waals surface area (Å²) in [7, 11) is -10.5. The Balaban J connectivity index is 2.00. The lowest BCUT2D eigenvalue weighted by Gasteiger charge is -2.36. The molecule has 4 N–H and O–H groups in total. The lowest BCUT2D eigenvalue weighted by atomic mass is 9.71. The van der Waals surface area contributed by atoms with Crippen molar-refractivity contribution in [1.82, 2.24) is 0 Å². The Kier molecular flexibility index (Phi) is 16.1. The number of carbonyl (C=O) groups excluding carboxylic acids is 2. The van der Waals surface area contributed by atoms with Gasteiger partial charge in [0.25, 0.3) is 0 Å². The van der Waals surface area contributed by atoms with Gasteiger partial charge in [0.15, 0.2) is 11.6 Å². The molecule has 10 nitrogen and oxygen atoms in total. The summed E-state index contributed by atoms with van der Waals surface area (Å²) in [6.45, 7) is 19.0. The van der Waals surface area contributed by atoms with Gasteiger partial charge in [-0.15, -0.1) is 0 Å². The standard InChI is InChI=1S/C40H54O10P2/c1-27(17-13-19-29(3)21-23-33-31(5)37(42)35(41)25-39(33,7)8)15-11-12-16-28(2)18-14-20-30(4)22-24-34-32(6)38(43)36(26-40(34,9)10)49-52(47,48)50-51(44,45)46/h11-24,35-36,41H,25-26H2,1-10H3,(H,47,48)(H2,44,45,46)/b12-11+,17-13+,18-14+,23-21+,24-22+,27-15+,28-16+,29-19+,30-20+. The van der Waals surface area contributed by atoms with Gasteiger partial charge in [-0.25, -0.2) is 9.13 Å². The number of Topliss-reactive ketones (excluding diaryl/α,β-unsaturated/α-hetero) is 2. The molecule has 2 rings (SSSR count). The second-order valence-corrected chi connectivity index (χ2v) is 17.3. The highest BCUT2D eigenvalue weighted by Crippen LogP contribution is 2.59. The van der Waals surface area contributed by atoms with Gasteiger partial charge in [-0.3, -0.25) is 14.1 Å². The fourth-order valence-corrected chi connectivity index (χ4v) is 7.72. The molecule has 0 aliphatic heterocycles. The molecule has 0 amide bonds. The SMILES string of the molecule is CC1=C(/C=C/C(C)=C/C=C/C(C)=C/C=C/C=C(C)/C=C/C=C(C)/C=C/C2=C(C)C(=O)C(OP(=O)(O)OP(=O)(O)O)CC2(C)C)C(C)(C)CC(O)C1=O. The molecule has 2 aliphatic rings. The molecule has 0 spiro atoms. The zero-order valence-corrected chi connectivity index (χ0v) is 33.6. The fraction of sp³-hybridized carbons (Fsp3) is 0.400. The number of carbonyl (C=O) groups is 2. The van der Waals surface area contributed by atoms with Crippen LogP contribution in [-0.2, 0) is 27.6 Å². The maximum Gasteiger partial charge on any atom is 0.481 e. The molecule has 0 radical (unpaired) electrons. The molecule has 0 heterocycles. The number of allylic oxidation sites excluding steroid dienone is 20. The van der Waals surface area contributed by atoms with Gasteiger partial charge in [0, 0.05) is 0 Å². The Morgan fingerprint density at radius 2 is 1.04 bits per heavy atom. The van der Waals surface area contributed by atoms with E-state index < -0.39 is 39.1 Å². The first-order valence-corrected chi connectivity index (χ1v) is 19.9. The third-order valence-electron chi connectivity index (χ3n) is 8.76. The van der Waals surface area contributed by atoms with Crippen LogP contribution >= 0.6 is 15.6 Å². The molecule has 0 saturated heterocycles. The zero-order chi connectivity index (χ0) is 39.7. The number of hydrogen-bond donors (Lipinski definition) is 4. The molecule has 0 fully saturated rings. The van der Waals surface area contributed by atoms with Crippen LogP contribution in [-0.4, -0.2) is 43.6 Å². The first-order chi connectivity index (χ1) is 23.8. The van der Waals surface area contributed by atoms with Crippen LogP contribution in [0.1, 0.15) is 82.1 Å². The summed E-state index contributed by atoms with van der Waals surface area (Å²) in [5.41, 5.74) is 5.74. The van der Waals surface area contributed by atoms with Crippen LogP contribution in [0.3, 0.4) is 0 Å². The molecule has 2 aliphatic carbocycles. The van der Waals surface area contributed by atoms with E-state index in [2.05, 4.69) is 4.31 Å². The van der Waals surface area contributed by atoms with Crippen molar-refractivity contribution in [3.63, 3.8) is 0 Å². The van der Waals surface area contributed by atoms with Crippen molar-refractivity contribution < 1.29 is 47.3 Å². The minimum absolute atomic E-state index is 0.00693. The molecule has 0 aromatic carbocycles. The molecule has 284 valence electrons. The van der Waals surface area contributed by atoms with Crippen LogP contribution in [0, 0.1) is 10.8 Å². The van der Waals surface area contributed by atoms with E-state index in [1.54, 1.807) is 13.8 Å². The average molecular weight is 757 g/mol. The predicted molar refractivity (Wildman–Crippen MR) is 207 cm³/mol. The molecule has 52 heavy (non-hydrogen) atoms. The first-order valence-electron chi connectivity index (χ1n) is 16.9. The normalized spacial score (nSPS) is 24.2. The quantitative estimate of drug-likeness (QED) is 0.0991. The van der Waals surface area contributed by atoms with Crippen molar-refractivity contribution in [3.8, 4) is 0 Å². The fourth-order valence-electron chi connectivity index (χ4n) is 5.99. The number of ketones is 2. The lowest BCUT2D eigenvalue weighted by molar-refractivity contribution is -0.125. The molecule has 0 aromatic rings. The molecule has 3 unspecified atom stereocenters. The average Bonchev–Trinajstić information content (AvgIpc) is 2.98. The highest BCUT2D eigenvalue weighted by molar-refractivity contribution is 7.60. The number of aliphatic hydroxyl groups excluding tert-OH is 1. The molecule has 0 bridgehead atoms. The smallest absolute Gasteiger partial charge is 0.385 e. The number of rotatable bonds is 14. The van der Waals surface area contributed by atoms with Crippen molar-refractivity contribution in [3.05, 3.63) is 130 Å². The third-order valence-corrected chi connectivity index (χ3v) is 11.0. The topological polar surface area (TPSA) is 168 Å². The lowest BCUT2D eigenvalue weighted by Crippen LogP contribution is -2.37. The number of aliphatic hydroxyl groups is 1. The van der Waals surface area contributed by atoms with E-state index in [1.807, 2.05) is 140 Å². The van der Waals surface area contributed by atoms with E-state index in [0.29, 0.717) is 23.1 Å². The Hall–Kier alpha value is -3.30. The highest BCUT2D eigenvalue weighted by atomic mass is 31.3. The maximum absolute atomic E-state index is 12.9. The van der Waals surface area contributed by atoms with Gasteiger partial charge in [-0.05, 0) is 87.5 Å². The Morgan fingerprint density at radius 3 is 1.48 bits per heavy atom. The zero-order valence-electron chi connectivity index (χ0n) is 31.8. The van der Waals surface area contributed by atoms with E-state index in [4.69, 9.17) is 14.3 Å². The number of phosphoric acid groups is 2. The van der Waals surface area contributed by atoms with Crippen molar-refractivity contribution in [2.24, 2.45) is 10.8 Å². The van der Waals surface area contributed by atoms with Crippen molar-refractivity contribution in [2.75, 3.05) is 0 Å². The monoisotopic (exact) mass is 756 g/mol. The summed E-state index contributed by atoms with van der Waals surface area (Å²) in [6, 6.07) is 0. The van der Waals surface area contributed by atoms with Crippen LogP contribution in [0.15, 0.2) is 130 Å². The minimum Gasteiger partial charge on any atom is -0.385 e. The summed E-state index contributed by atoms with van der Waals surface area (Å²) in [6.07, 6.45) is 25.5. The summed E-state index contributed by atoms with van der Waals surface area (Å²) < 4.78 is 31.8. The second kappa shape index (κ2) is 18.6. The van der Waals surface area contributed by atoms with Gasteiger partial charge in [-0.1, -0.05) is 135 Å². The van der Waals surface area contributed by atoms with Crippen LogP contribution in [0.4, 0.5) is 0 Å². The molecule has 0 aromatic heterocycles. The van der Waals surface area contributed by atoms with Crippen LogP contribution in [0.5, 0.6) is 0 Å². The van der Waals surface area contributed by atoms with Gasteiger partial charge in [-0.2, -0.15) is 4.31 Å². The molecular weight excluding hydrogens is 702 g/mol. The van der Waals surface area contributed by atoms with E-state index >= 15 is 0 Å². The van der Waals surface area contributed by atoms with Crippen LogP contribution < -0.4 is 0 Å². The van der Waals surface area contributed by atoms with Crippen molar-refractivity contribution in [1.29, 1.82) is 0 Å². The molecule has 3 atom stereocenters. The van der Waals surface area contributed by atoms with Gasteiger partial charge in [0.2, 0.25) is 0 Å². The van der Waals surface area contributed by atoms with Crippen molar-refractivity contribution >= 4 is 27.2 Å². The van der Waals surface area contributed by atoms with Crippen molar-refractivity contribution in [2.45, 2.75) is 94.3 Å². The van der Waals surface area contributed by atoms with Gasteiger partial charge in [0.05, 0.1) is 0 Å². The van der Waals surface area contributed by atoms with Gasteiger partial charge < -0.3 is 19.8 Å². The Bertz CT molecular complexity index is 1830. The van der Waals surface area contributed by atoms with E-state index in [1.165, 1.54) is 0 Å². The third kappa shape index (κ3) is 14.3.